The average molecular weight is 168 g/mol. The Hall–Kier alpha value is -1.67. The predicted molar refractivity (Wildman–Crippen MR) is 37.7 cm³/mol. The molecule has 0 aliphatic heterocycles. The van der Waals surface area contributed by atoms with Crippen LogP contribution in [-0.4, -0.2) is 10.1 Å². The maximum absolute atomic E-state index is 12.7. The molecule has 0 amide bonds. The summed E-state index contributed by atoms with van der Waals surface area (Å²) in [4.78, 5) is 12.8. The lowest BCUT2D eigenvalue weighted by Gasteiger charge is -1.95. The first kappa shape index (κ1) is 8.43. The molecule has 0 aliphatic rings. The number of hydrogen-bond donors (Lipinski definition) is 2. The molecule has 5 heteroatoms. The lowest BCUT2D eigenvalue weighted by Crippen LogP contribution is -2.15. The third-order valence-electron chi connectivity index (χ3n) is 1.35. The van der Waals surface area contributed by atoms with Gasteiger partial charge in [0.15, 0.2) is 11.5 Å². The summed E-state index contributed by atoms with van der Waals surface area (Å²) < 4.78 is 12.7. The molecular formula is C7H5FN2O2. The lowest BCUT2D eigenvalue weighted by molar-refractivity contribution is 0.279. The van der Waals surface area contributed by atoms with E-state index in [0.29, 0.717) is 0 Å². The summed E-state index contributed by atoms with van der Waals surface area (Å²) in [6, 6.07) is 2.32. The molecule has 0 saturated heterocycles. The number of nitrogens with zero attached hydrogens (tertiary/aromatic N) is 1. The molecule has 62 valence electrons. The average Bonchev–Trinajstić information content (AvgIpc) is 2.08. The fraction of sp³-hybridized carbons (Fsp3) is 0.143. The number of aliphatic hydroxyl groups is 1. The maximum atomic E-state index is 12.7. The highest BCUT2D eigenvalue weighted by molar-refractivity contribution is 5.24. The van der Waals surface area contributed by atoms with Gasteiger partial charge in [-0.25, -0.2) is 4.39 Å². The first-order valence-corrected chi connectivity index (χ1v) is 3.11. The van der Waals surface area contributed by atoms with Crippen LogP contribution in [0.25, 0.3) is 0 Å². The van der Waals surface area contributed by atoms with Gasteiger partial charge < -0.3 is 10.1 Å². The Morgan fingerprint density at radius 2 is 2.42 bits per heavy atom. The van der Waals surface area contributed by atoms with E-state index in [1.165, 1.54) is 6.07 Å². The van der Waals surface area contributed by atoms with Crippen molar-refractivity contribution in [1.29, 1.82) is 5.26 Å². The van der Waals surface area contributed by atoms with Gasteiger partial charge in [-0.15, -0.1) is 0 Å². The van der Waals surface area contributed by atoms with E-state index in [0.717, 1.165) is 6.07 Å². The molecule has 12 heavy (non-hydrogen) atoms. The number of pyridine rings is 1. The maximum Gasteiger partial charge on any atom is 0.254 e. The van der Waals surface area contributed by atoms with Crippen molar-refractivity contribution < 1.29 is 9.50 Å². The molecule has 0 aliphatic carbocycles. The van der Waals surface area contributed by atoms with E-state index >= 15 is 0 Å². The van der Waals surface area contributed by atoms with Gasteiger partial charge in [0.05, 0.1) is 6.61 Å². The standard InChI is InChI=1S/C7H5FN2O2/c8-5-1-4(3-11)7(12)10-6(5)2-9/h1,11H,3H2,(H,10,12). The van der Waals surface area contributed by atoms with E-state index in [9.17, 15) is 9.18 Å². The Morgan fingerprint density at radius 1 is 1.75 bits per heavy atom. The zero-order valence-electron chi connectivity index (χ0n) is 5.97. The SMILES string of the molecule is N#Cc1[nH]c(=O)c(CO)cc1F. The van der Waals surface area contributed by atoms with Crippen LogP contribution in [0.1, 0.15) is 11.3 Å². The fourth-order valence-electron chi connectivity index (χ4n) is 0.743. The first-order chi connectivity index (χ1) is 5.69. The van der Waals surface area contributed by atoms with Crippen molar-refractivity contribution in [3.8, 4) is 6.07 Å². The first-order valence-electron chi connectivity index (χ1n) is 3.11. The number of nitrogens with one attached hydrogen (secondary N) is 1. The van der Waals surface area contributed by atoms with Gasteiger partial charge in [-0.1, -0.05) is 0 Å². The van der Waals surface area contributed by atoms with Crippen molar-refractivity contribution in [3.63, 3.8) is 0 Å². The summed E-state index contributed by atoms with van der Waals surface area (Å²) in [7, 11) is 0. The van der Waals surface area contributed by atoms with E-state index in [2.05, 4.69) is 0 Å². The highest BCUT2D eigenvalue weighted by Gasteiger charge is 2.06. The molecule has 0 atom stereocenters. The van der Waals surface area contributed by atoms with E-state index in [1.807, 2.05) is 4.98 Å². The van der Waals surface area contributed by atoms with Gasteiger partial charge in [-0.05, 0) is 6.07 Å². The zero-order valence-corrected chi connectivity index (χ0v) is 5.97. The van der Waals surface area contributed by atoms with Gasteiger partial charge in [0, 0.05) is 5.56 Å². The molecule has 0 saturated carbocycles. The minimum Gasteiger partial charge on any atom is -0.391 e. The zero-order chi connectivity index (χ0) is 9.14. The van der Waals surface area contributed by atoms with E-state index in [1.54, 1.807) is 0 Å². The molecule has 1 rings (SSSR count). The minimum absolute atomic E-state index is 0.0912. The van der Waals surface area contributed by atoms with Gasteiger partial charge in [0.1, 0.15) is 6.07 Å². The quantitative estimate of drug-likeness (QED) is 0.613. The summed E-state index contributed by atoms with van der Waals surface area (Å²) >= 11 is 0. The summed E-state index contributed by atoms with van der Waals surface area (Å²) in [5.41, 5.74) is -1.15. The minimum atomic E-state index is -0.832. The Bertz CT molecular complexity index is 391. The van der Waals surface area contributed by atoms with Crippen LogP contribution in [0.15, 0.2) is 10.9 Å². The van der Waals surface area contributed by atoms with Crippen LogP contribution in [0.2, 0.25) is 0 Å². The highest BCUT2D eigenvalue weighted by Crippen LogP contribution is 2.01. The number of halogens is 1. The van der Waals surface area contributed by atoms with Gasteiger partial charge in [-0.2, -0.15) is 5.26 Å². The highest BCUT2D eigenvalue weighted by atomic mass is 19.1. The van der Waals surface area contributed by atoms with Crippen molar-refractivity contribution >= 4 is 0 Å². The monoisotopic (exact) mass is 168 g/mol. The second-order valence-corrected chi connectivity index (χ2v) is 2.12. The summed E-state index contributed by atoms with van der Waals surface area (Å²) in [6.45, 7) is -0.544. The molecule has 0 spiro atoms. The van der Waals surface area contributed by atoms with Crippen LogP contribution in [0.4, 0.5) is 4.39 Å². The van der Waals surface area contributed by atoms with Crippen molar-refractivity contribution in [2.75, 3.05) is 0 Å². The molecular weight excluding hydrogens is 163 g/mol. The molecule has 0 unspecified atom stereocenters. The van der Waals surface area contributed by atoms with Gasteiger partial charge in [0.2, 0.25) is 0 Å². The van der Waals surface area contributed by atoms with E-state index < -0.39 is 23.7 Å². The Morgan fingerprint density at radius 3 is 2.92 bits per heavy atom. The van der Waals surface area contributed by atoms with Crippen molar-refractivity contribution in [3.05, 3.63) is 33.5 Å². The molecule has 2 N–H and O–H groups in total. The number of aromatic amines is 1. The number of aliphatic hydroxyl groups excluding tert-OH is 1. The molecule has 0 radical (unpaired) electrons. The van der Waals surface area contributed by atoms with Crippen molar-refractivity contribution in [2.45, 2.75) is 6.61 Å². The fourth-order valence-corrected chi connectivity index (χ4v) is 0.743. The van der Waals surface area contributed by atoms with Crippen LogP contribution in [-0.2, 0) is 6.61 Å². The molecule has 1 aromatic heterocycles. The summed E-state index contributed by atoms with van der Waals surface area (Å²) in [5.74, 6) is -0.832. The third kappa shape index (κ3) is 1.33. The number of nitriles is 1. The Balaban J connectivity index is 3.39. The topological polar surface area (TPSA) is 76.9 Å². The summed E-state index contributed by atoms with van der Waals surface area (Å²) in [6.07, 6.45) is 0. The third-order valence-corrected chi connectivity index (χ3v) is 1.35. The summed E-state index contributed by atoms with van der Waals surface area (Å²) in [5, 5.41) is 16.8. The van der Waals surface area contributed by atoms with Crippen LogP contribution in [0, 0.1) is 17.1 Å². The normalized spacial score (nSPS) is 9.42. The molecule has 1 heterocycles. The number of rotatable bonds is 1. The Labute approximate surface area is 66.9 Å². The predicted octanol–water partition coefficient (Wildman–Crippen LogP) is -0.122. The van der Waals surface area contributed by atoms with Crippen LogP contribution in [0.5, 0.6) is 0 Å². The lowest BCUT2D eigenvalue weighted by atomic mass is 10.2. The smallest absolute Gasteiger partial charge is 0.254 e. The Kier molecular flexibility index (Phi) is 2.21. The van der Waals surface area contributed by atoms with Crippen LogP contribution in [0.3, 0.4) is 0 Å². The number of hydrogen-bond acceptors (Lipinski definition) is 3. The van der Waals surface area contributed by atoms with Crippen molar-refractivity contribution in [2.24, 2.45) is 0 Å². The van der Waals surface area contributed by atoms with Crippen molar-refractivity contribution in [1.82, 2.24) is 4.98 Å². The van der Waals surface area contributed by atoms with E-state index in [-0.39, 0.29) is 5.56 Å². The molecule has 1 aromatic rings. The second-order valence-electron chi connectivity index (χ2n) is 2.12. The van der Waals surface area contributed by atoms with Crippen LogP contribution < -0.4 is 5.56 Å². The molecule has 0 bridgehead atoms. The molecule has 0 aromatic carbocycles. The second kappa shape index (κ2) is 3.15. The molecule has 0 fully saturated rings. The van der Waals surface area contributed by atoms with Gasteiger partial charge in [0.25, 0.3) is 5.56 Å². The van der Waals surface area contributed by atoms with Gasteiger partial charge >= 0.3 is 0 Å². The van der Waals surface area contributed by atoms with E-state index in [4.69, 9.17) is 10.4 Å². The van der Waals surface area contributed by atoms with Gasteiger partial charge in [-0.3, -0.25) is 4.79 Å². The largest absolute Gasteiger partial charge is 0.391 e. The molecule has 4 nitrogen and oxygen atoms in total. The number of aromatic nitrogens is 1. The number of H-pyrrole nitrogens is 1. The van der Waals surface area contributed by atoms with Crippen LogP contribution >= 0.6 is 0 Å².